The van der Waals surface area contributed by atoms with Crippen LogP contribution in [0.4, 0.5) is 11.5 Å². The maximum atomic E-state index is 10.8. The molecule has 0 radical (unpaired) electrons. The molecule has 0 amide bonds. The molecule has 0 unspecified atom stereocenters. The Morgan fingerprint density at radius 3 is 2.89 bits per heavy atom. The van der Waals surface area contributed by atoms with Gasteiger partial charge in [-0.15, -0.1) is 0 Å². The second-order valence-electron chi connectivity index (χ2n) is 3.54. The summed E-state index contributed by atoms with van der Waals surface area (Å²) in [5, 5.41) is 25.4. The highest BCUT2D eigenvalue weighted by Crippen LogP contribution is 2.24. The lowest BCUT2D eigenvalue weighted by molar-refractivity contribution is -0.388. The Balaban J connectivity index is 2.45. The van der Waals surface area contributed by atoms with Crippen LogP contribution in [-0.2, 0) is 0 Å². The largest absolute Gasteiger partial charge is 0.396 e. The summed E-state index contributed by atoms with van der Waals surface area (Å²) in [6.07, 6.45) is 2.08. The molecule has 0 aliphatic rings. The van der Waals surface area contributed by atoms with Gasteiger partial charge in [0.15, 0.2) is 6.20 Å². The minimum absolute atomic E-state index is 0.154. The molecular formula is C10H15BrN4O3. The molecule has 0 bridgehead atoms. The molecule has 0 spiro atoms. The molecule has 0 atom stereocenters. The summed E-state index contributed by atoms with van der Waals surface area (Å²) in [4.78, 5) is 14.0. The van der Waals surface area contributed by atoms with Crippen molar-refractivity contribution in [3.8, 4) is 0 Å². The van der Waals surface area contributed by atoms with E-state index in [2.05, 4.69) is 31.5 Å². The predicted octanol–water partition coefficient (Wildman–Crippen LogP) is 1.14. The molecule has 8 heteroatoms. The van der Waals surface area contributed by atoms with Crippen molar-refractivity contribution in [2.75, 3.05) is 31.6 Å². The van der Waals surface area contributed by atoms with Crippen LogP contribution < -0.4 is 10.6 Å². The molecule has 7 nitrogen and oxygen atoms in total. The number of aliphatic hydroxyl groups is 1. The monoisotopic (exact) mass is 318 g/mol. The number of aromatic nitrogens is 1. The van der Waals surface area contributed by atoms with E-state index in [1.807, 2.05) is 0 Å². The standard InChI is InChI=1S/C10H15BrN4O3/c11-8-6-9(10(14-7-8)15(17)18)13-4-3-12-2-1-5-16/h6-7,12-13,16H,1-5H2. The van der Waals surface area contributed by atoms with Gasteiger partial charge in [-0.25, -0.2) is 0 Å². The topological polar surface area (TPSA) is 100 Å². The average molecular weight is 319 g/mol. The van der Waals surface area contributed by atoms with E-state index in [-0.39, 0.29) is 12.4 Å². The number of anilines is 1. The molecule has 18 heavy (non-hydrogen) atoms. The summed E-state index contributed by atoms with van der Waals surface area (Å²) in [7, 11) is 0. The Labute approximate surface area is 113 Å². The first-order valence-corrected chi connectivity index (χ1v) is 6.30. The van der Waals surface area contributed by atoms with Crippen molar-refractivity contribution in [1.29, 1.82) is 0 Å². The van der Waals surface area contributed by atoms with Crippen LogP contribution in [0.25, 0.3) is 0 Å². The number of halogens is 1. The lowest BCUT2D eigenvalue weighted by atomic mass is 10.3. The minimum atomic E-state index is -0.520. The van der Waals surface area contributed by atoms with E-state index < -0.39 is 4.92 Å². The number of rotatable bonds is 8. The summed E-state index contributed by atoms with van der Waals surface area (Å²) < 4.78 is 0.684. The van der Waals surface area contributed by atoms with Crippen LogP contribution in [0.5, 0.6) is 0 Å². The molecule has 100 valence electrons. The van der Waals surface area contributed by atoms with Crippen LogP contribution >= 0.6 is 15.9 Å². The second kappa shape index (κ2) is 7.96. The fourth-order valence-corrected chi connectivity index (χ4v) is 1.65. The molecule has 1 aromatic rings. The SMILES string of the molecule is O=[N+]([O-])c1ncc(Br)cc1NCCNCCCO. The van der Waals surface area contributed by atoms with E-state index in [9.17, 15) is 10.1 Å². The van der Waals surface area contributed by atoms with E-state index in [0.29, 0.717) is 29.7 Å². The van der Waals surface area contributed by atoms with Gasteiger partial charge in [-0.2, -0.15) is 0 Å². The maximum Gasteiger partial charge on any atom is 0.386 e. The highest BCUT2D eigenvalue weighted by molar-refractivity contribution is 9.10. The van der Waals surface area contributed by atoms with Gasteiger partial charge in [0.2, 0.25) is 0 Å². The van der Waals surface area contributed by atoms with E-state index in [0.717, 1.165) is 6.54 Å². The van der Waals surface area contributed by atoms with Crippen molar-refractivity contribution in [2.45, 2.75) is 6.42 Å². The van der Waals surface area contributed by atoms with Gasteiger partial charge >= 0.3 is 5.82 Å². The lowest BCUT2D eigenvalue weighted by Gasteiger charge is -2.07. The molecule has 0 aromatic carbocycles. The van der Waals surface area contributed by atoms with Crippen LogP contribution in [-0.4, -0.2) is 41.3 Å². The summed E-state index contributed by atoms with van der Waals surface area (Å²) in [5.74, 6) is -0.187. The summed E-state index contributed by atoms with van der Waals surface area (Å²) in [5.41, 5.74) is 0.387. The number of nitrogens with one attached hydrogen (secondary N) is 2. The van der Waals surface area contributed by atoms with Crippen molar-refractivity contribution in [1.82, 2.24) is 10.3 Å². The molecule has 3 N–H and O–H groups in total. The zero-order chi connectivity index (χ0) is 13.4. The molecule has 0 aliphatic carbocycles. The van der Waals surface area contributed by atoms with Crippen LogP contribution in [0.1, 0.15) is 6.42 Å². The van der Waals surface area contributed by atoms with E-state index in [1.54, 1.807) is 6.07 Å². The smallest absolute Gasteiger partial charge is 0.386 e. The summed E-state index contributed by atoms with van der Waals surface area (Å²) in [6, 6.07) is 1.62. The molecule has 0 saturated carbocycles. The van der Waals surface area contributed by atoms with Gasteiger partial charge in [0, 0.05) is 19.7 Å². The average Bonchev–Trinajstić information content (AvgIpc) is 2.33. The van der Waals surface area contributed by atoms with Crippen LogP contribution in [0.2, 0.25) is 0 Å². The number of nitrogens with zero attached hydrogens (tertiary/aromatic N) is 2. The number of hydrogen-bond acceptors (Lipinski definition) is 6. The third kappa shape index (κ3) is 4.94. The van der Waals surface area contributed by atoms with Gasteiger partial charge in [0.25, 0.3) is 0 Å². The summed E-state index contributed by atoms with van der Waals surface area (Å²) >= 11 is 3.22. The van der Waals surface area contributed by atoms with Gasteiger partial charge in [0.05, 0.1) is 4.47 Å². The minimum Gasteiger partial charge on any atom is -0.396 e. The zero-order valence-electron chi connectivity index (χ0n) is 9.73. The fraction of sp³-hybridized carbons (Fsp3) is 0.500. The van der Waals surface area contributed by atoms with Gasteiger partial charge < -0.3 is 25.9 Å². The highest BCUT2D eigenvalue weighted by Gasteiger charge is 2.15. The Morgan fingerprint density at radius 2 is 2.22 bits per heavy atom. The zero-order valence-corrected chi connectivity index (χ0v) is 11.3. The van der Waals surface area contributed by atoms with E-state index >= 15 is 0 Å². The maximum absolute atomic E-state index is 10.8. The fourth-order valence-electron chi connectivity index (χ4n) is 1.32. The number of nitro groups is 1. The third-order valence-electron chi connectivity index (χ3n) is 2.14. The normalized spacial score (nSPS) is 10.3. The lowest BCUT2D eigenvalue weighted by Crippen LogP contribution is -2.24. The van der Waals surface area contributed by atoms with Crippen LogP contribution in [0.15, 0.2) is 16.7 Å². The molecule has 0 fully saturated rings. The molecule has 1 heterocycles. The first kappa shape index (κ1) is 14.8. The Morgan fingerprint density at radius 1 is 1.44 bits per heavy atom. The quantitative estimate of drug-likeness (QED) is 0.377. The van der Waals surface area contributed by atoms with E-state index in [4.69, 9.17) is 5.11 Å². The van der Waals surface area contributed by atoms with E-state index in [1.165, 1.54) is 6.20 Å². The van der Waals surface area contributed by atoms with Gasteiger partial charge in [-0.3, -0.25) is 0 Å². The summed E-state index contributed by atoms with van der Waals surface area (Å²) in [6.45, 7) is 2.08. The first-order chi connectivity index (χ1) is 8.65. The molecule has 1 aromatic heterocycles. The first-order valence-electron chi connectivity index (χ1n) is 5.50. The van der Waals surface area contributed by atoms with Crippen LogP contribution in [0.3, 0.4) is 0 Å². The molecule has 0 aliphatic heterocycles. The number of hydrogen-bond donors (Lipinski definition) is 3. The van der Waals surface area contributed by atoms with Gasteiger partial charge in [-0.1, -0.05) is 0 Å². The highest BCUT2D eigenvalue weighted by atomic mass is 79.9. The number of pyridine rings is 1. The van der Waals surface area contributed by atoms with Crippen molar-refractivity contribution >= 4 is 27.4 Å². The van der Waals surface area contributed by atoms with Gasteiger partial charge in [-0.05, 0) is 44.9 Å². The van der Waals surface area contributed by atoms with Crippen molar-refractivity contribution in [3.63, 3.8) is 0 Å². The van der Waals surface area contributed by atoms with Gasteiger partial charge in [0.1, 0.15) is 5.69 Å². The Hall–Kier alpha value is -1.25. The predicted molar refractivity (Wildman–Crippen MR) is 71.7 cm³/mol. The molecule has 1 rings (SSSR count). The Bertz CT molecular complexity index is 403. The number of aliphatic hydroxyl groups excluding tert-OH is 1. The third-order valence-corrected chi connectivity index (χ3v) is 2.57. The molecular weight excluding hydrogens is 304 g/mol. The van der Waals surface area contributed by atoms with Crippen LogP contribution in [0, 0.1) is 10.1 Å². The van der Waals surface area contributed by atoms with Crippen molar-refractivity contribution < 1.29 is 10.0 Å². The second-order valence-corrected chi connectivity index (χ2v) is 4.45. The molecule has 0 saturated heterocycles. The Kier molecular flexibility index (Phi) is 6.55. The van der Waals surface area contributed by atoms with Crippen molar-refractivity contribution in [3.05, 3.63) is 26.9 Å². The van der Waals surface area contributed by atoms with Crippen molar-refractivity contribution in [2.24, 2.45) is 0 Å².